The van der Waals surface area contributed by atoms with E-state index in [1.165, 1.54) is 48.6 Å². The normalized spacial score (nSPS) is 20.4. The van der Waals surface area contributed by atoms with Crippen LogP contribution in [0.2, 0.25) is 0 Å². The lowest BCUT2D eigenvalue weighted by Crippen LogP contribution is -2.30. The summed E-state index contributed by atoms with van der Waals surface area (Å²) in [5.74, 6) is 0.195. The molecule has 1 heterocycles. The van der Waals surface area contributed by atoms with E-state index in [1.807, 2.05) is 12.1 Å². The molecule has 3 heteroatoms. The number of amides is 2. The van der Waals surface area contributed by atoms with Gasteiger partial charge in [-0.05, 0) is 43.4 Å². The van der Waals surface area contributed by atoms with E-state index in [9.17, 15) is 9.59 Å². The van der Waals surface area contributed by atoms with Crippen LogP contribution in [0.3, 0.4) is 0 Å². The summed E-state index contributed by atoms with van der Waals surface area (Å²) in [5, 5.41) is 0. The van der Waals surface area contributed by atoms with Gasteiger partial charge < -0.3 is 0 Å². The Morgan fingerprint density at radius 1 is 1.00 bits per heavy atom. The summed E-state index contributed by atoms with van der Waals surface area (Å²) in [6.07, 6.45) is 7.86. The minimum absolute atomic E-state index is 0.208. The number of imide groups is 1. The number of benzene rings is 1. The van der Waals surface area contributed by atoms with Crippen molar-refractivity contribution in [1.82, 2.24) is 0 Å². The Labute approximate surface area is 119 Å². The number of nitrogens with zero attached hydrogens (tertiary/aromatic N) is 1. The average Bonchev–Trinajstić information content (AvgIpc) is 2.73. The molecular weight excluding hydrogens is 250 g/mol. The van der Waals surface area contributed by atoms with E-state index in [4.69, 9.17) is 0 Å². The lowest BCUT2D eigenvalue weighted by molar-refractivity contribution is -0.120. The number of carbonyl (C=O) groups excluding carboxylic acids is 2. The van der Waals surface area contributed by atoms with Gasteiger partial charge in [0.1, 0.15) is 0 Å². The SMILES string of the molecule is CC1=CC(=O)N(c2ccc(C3CCCCC3)cc2)C1=O. The smallest absolute Gasteiger partial charge is 0.261 e. The van der Waals surface area contributed by atoms with Gasteiger partial charge in [-0.25, -0.2) is 4.90 Å². The third-order valence-electron chi connectivity index (χ3n) is 4.33. The van der Waals surface area contributed by atoms with Gasteiger partial charge in [-0.2, -0.15) is 0 Å². The van der Waals surface area contributed by atoms with Crippen molar-refractivity contribution >= 4 is 17.5 Å². The van der Waals surface area contributed by atoms with Crippen LogP contribution in [-0.2, 0) is 9.59 Å². The van der Waals surface area contributed by atoms with Crippen LogP contribution in [-0.4, -0.2) is 11.8 Å². The molecule has 1 aliphatic heterocycles. The van der Waals surface area contributed by atoms with Crippen LogP contribution in [0.1, 0.15) is 50.5 Å². The van der Waals surface area contributed by atoms with Gasteiger partial charge in [0.05, 0.1) is 5.69 Å². The van der Waals surface area contributed by atoms with Crippen molar-refractivity contribution in [3.63, 3.8) is 0 Å². The molecular formula is C17H19NO2. The summed E-state index contributed by atoms with van der Waals surface area (Å²) in [6, 6.07) is 7.93. The summed E-state index contributed by atoms with van der Waals surface area (Å²) in [7, 11) is 0. The van der Waals surface area contributed by atoms with E-state index >= 15 is 0 Å². The Morgan fingerprint density at radius 3 is 2.20 bits per heavy atom. The molecule has 1 saturated carbocycles. The first-order valence-electron chi connectivity index (χ1n) is 7.33. The van der Waals surface area contributed by atoms with Crippen LogP contribution in [0.15, 0.2) is 35.9 Å². The van der Waals surface area contributed by atoms with Gasteiger partial charge in [0.25, 0.3) is 11.8 Å². The number of rotatable bonds is 2. The monoisotopic (exact) mass is 269 g/mol. The van der Waals surface area contributed by atoms with E-state index in [1.54, 1.807) is 6.92 Å². The first-order valence-corrected chi connectivity index (χ1v) is 7.33. The molecule has 0 bridgehead atoms. The molecule has 1 aromatic rings. The molecule has 0 radical (unpaired) electrons. The molecule has 1 aliphatic carbocycles. The summed E-state index contributed by atoms with van der Waals surface area (Å²) in [4.78, 5) is 25.0. The highest BCUT2D eigenvalue weighted by atomic mass is 16.2. The molecule has 3 rings (SSSR count). The molecule has 1 fully saturated rings. The van der Waals surface area contributed by atoms with Crippen molar-refractivity contribution in [2.45, 2.75) is 44.9 Å². The molecule has 0 spiro atoms. The van der Waals surface area contributed by atoms with Gasteiger partial charge >= 0.3 is 0 Å². The first kappa shape index (κ1) is 13.1. The number of carbonyl (C=O) groups is 2. The molecule has 0 atom stereocenters. The zero-order valence-corrected chi connectivity index (χ0v) is 11.8. The Morgan fingerprint density at radius 2 is 1.65 bits per heavy atom. The Kier molecular flexibility index (Phi) is 3.43. The van der Waals surface area contributed by atoms with Crippen molar-refractivity contribution in [1.29, 1.82) is 0 Å². The minimum Gasteiger partial charge on any atom is -0.269 e. The third-order valence-corrected chi connectivity index (χ3v) is 4.33. The van der Waals surface area contributed by atoms with Crippen molar-refractivity contribution < 1.29 is 9.59 Å². The Balaban J connectivity index is 1.80. The van der Waals surface area contributed by atoms with Gasteiger partial charge in [0, 0.05) is 11.6 Å². The van der Waals surface area contributed by atoms with Gasteiger partial charge in [0.15, 0.2) is 0 Å². The highest BCUT2D eigenvalue weighted by Crippen LogP contribution is 2.33. The molecule has 1 aromatic carbocycles. The fourth-order valence-corrected chi connectivity index (χ4v) is 3.16. The van der Waals surface area contributed by atoms with Crippen LogP contribution in [0.4, 0.5) is 5.69 Å². The summed E-state index contributed by atoms with van der Waals surface area (Å²) in [5.41, 5.74) is 2.51. The molecule has 20 heavy (non-hydrogen) atoms. The standard InChI is InChI=1S/C17H19NO2/c1-12-11-16(19)18(17(12)20)15-9-7-14(8-10-15)13-5-3-2-4-6-13/h7-11,13H,2-6H2,1H3. The fraction of sp³-hybridized carbons (Fsp3) is 0.412. The molecule has 0 aromatic heterocycles. The summed E-state index contributed by atoms with van der Waals surface area (Å²) in [6.45, 7) is 1.68. The van der Waals surface area contributed by atoms with E-state index in [-0.39, 0.29) is 11.8 Å². The van der Waals surface area contributed by atoms with Crippen molar-refractivity contribution in [3.05, 3.63) is 41.5 Å². The lowest BCUT2D eigenvalue weighted by atomic mass is 9.84. The van der Waals surface area contributed by atoms with Crippen LogP contribution in [0.25, 0.3) is 0 Å². The average molecular weight is 269 g/mol. The second kappa shape index (κ2) is 5.23. The topological polar surface area (TPSA) is 37.4 Å². The van der Waals surface area contributed by atoms with E-state index in [0.29, 0.717) is 17.2 Å². The predicted molar refractivity (Wildman–Crippen MR) is 78.5 cm³/mol. The number of hydrogen-bond acceptors (Lipinski definition) is 2. The Hall–Kier alpha value is -1.90. The molecule has 0 saturated heterocycles. The van der Waals surface area contributed by atoms with Crippen LogP contribution in [0.5, 0.6) is 0 Å². The Bertz CT molecular complexity index is 565. The molecule has 2 aliphatic rings. The van der Waals surface area contributed by atoms with E-state index in [0.717, 1.165) is 0 Å². The lowest BCUT2D eigenvalue weighted by Gasteiger charge is -2.22. The molecule has 0 unspecified atom stereocenters. The quantitative estimate of drug-likeness (QED) is 0.770. The zero-order valence-electron chi connectivity index (χ0n) is 11.8. The highest BCUT2D eigenvalue weighted by molar-refractivity contribution is 6.30. The third kappa shape index (κ3) is 2.28. The highest BCUT2D eigenvalue weighted by Gasteiger charge is 2.29. The summed E-state index contributed by atoms with van der Waals surface area (Å²) < 4.78 is 0. The molecule has 0 N–H and O–H groups in total. The van der Waals surface area contributed by atoms with Crippen molar-refractivity contribution in [2.24, 2.45) is 0 Å². The predicted octanol–water partition coefficient (Wildman–Crippen LogP) is 3.55. The molecule has 3 nitrogen and oxygen atoms in total. The minimum atomic E-state index is -0.238. The number of hydrogen-bond donors (Lipinski definition) is 0. The molecule has 2 amide bonds. The second-order valence-electron chi connectivity index (χ2n) is 5.73. The number of anilines is 1. The van der Waals surface area contributed by atoms with Crippen LogP contribution >= 0.6 is 0 Å². The first-order chi connectivity index (χ1) is 9.66. The van der Waals surface area contributed by atoms with E-state index < -0.39 is 0 Å². The van der Waals surface area contributed by atoms with Crippen molar-refractivity contribution in [2.75, 3.05) is 4.90 Å². The van der Waals surface area contributed by atoms with Gasteiger partial charge in [-0.3, -0.25) is 9.59 Å². The van der Waals surface area contributed by atoms with Crippen LogP contribution in [0, 0.1) is 0 Å². The van der Waals surface area contributed by atoms with Gasteiger partial charge in [-0.1, -0.05) is 31.4 Å². The van der Waals surface area contributed by atoms with Crippen molar-refractivity contribution in [3.8, 4) is 0 Å². The maximum Gasteiger partial charge on any atom is 0.261 e. The maximum absolute atomic E-state index is 11.9. The van der Waals surface area contributed by atoms with E-state index in [2.05, 4.69) is 12.1 Å². The van der Waals surface area contributed by atoms with Gasteiger partial charge in [-0.15, -0.1) is 0 Å². The fourth-order valence-electron chi connectivity index (χ4n) is 3.16. The van der Waals surface area contributed by atoms with Gasteiger partial charge in [0.2, 0.25) is 0 Å². The van der Waals surface area contributed by atoms with Crippen LogP contribution < -0.4 is 4.90 Å². The second-order valence-corrected chi connectivity index (χ2v) is 5.73. The summed E-state index contributed by atoms with van der Waals surface area (Å²) >= 11 is 0. The molecule has 104 valence electrons. The largest absolute Gasteiger partial charge is 0.269 e. The maximum atomic E-state index is 11.9. The zero-order chi connectivity index (χ0) is 14.1.